The molecule has 0 unspecified atom stereocenters. The summed E-state index contributed by atoms with van der Waals surface area (Å²) in [7, 11) is 3.90. The molecule has 2 heterocycles. The van der Waals surface area contributed by atoms with Crippen LogP contribution in [0, 0.1) is 0 Å². The van der Waals surface area contributed by atoms with Crippen LogP contribution in [0.1, 0.15) is 32.4 Å². The molecular formula is C16H29N5. The minimum absolute atomic E-state index is 0.527. The SMILES string of the molecule is CN=C(NCc1cccn1C)NC1CCN(C(C)C)CC1. The third-order valence-electron chi connectivity index (χ3n) is 4.31. The van der Waals surface area contributed by atoms with Crippen LogP contribution >= 0.6 is 0 Å². The number of hydrogen-bond acceptors (Lipinski definition) is 2. The van der Waals surface area contributed by atoms with Crippen molar-refractivity contribution in [2.45, 2.75) is 45.3 Å². The largest absolute Gasteiger partial charge is 0.354 e. The fourth-order valence-corrected chi connectivity index (χ4v) is 2.80. The van der Waals surface area contributed by atoms with Gasteiger partial charge in [-0.15, -0.1) is 0 Å². The summed E-state index contributed by atoms with van der Waals surface area (Å²) in [6.45, 7) is 7.69. The second kappa shape index (κ2) is 7.50. The number of hydrogen-bond donors (Lipinski definition) is 2. The number of likely N-dealkylation sites (tertiary alicyclic amines) is 1. The van der Waals surface area contributed by atoms with Crippen LogP contribution in [0.25, 0.3) is 0 Å². The van der Waals surface area contributed by atoms with Gasteiger partial charge < -0.3 is 20.1 Å². The predicted molar refractivity (Wildman–Crippen MR) is 88.5 cm³/mol. The lowest BCUT2D eigenvalue weighted by atomic mass is 10.0. The molecule has 1 saturated heterocycles. The van der Waals surface area contributed by atoms with E-state index in [9.17, 15) is 0 Å². The lowest BCUT2D eigenvalue weighted by Gasteiger charge is -2.35. The highest BCUT2D eigenvalue weighted by Gasteiger charge is 2.21. The number of aliphatic imine (C=N–C) groups is 1. The number of nitrogens with zero attached hydrogens (tertiary/aromatic N) is 3. The Morgan fingerprint density at radius 1 is 1.38 bits per heavy atom. The van der Waals surface area contributed by atoms with Crippen LogP contribution < -0.4 is 10.6 Å². The molecule has 5 nitrogen and oxygen atoms in total. The lowest BCUT2D eigenvalue weighted by molar-refractivity contribution is 0.167. The van der Waals surface area contributed by atoms with Crippen molar-refractivity contribution in [1.29, 1.82) is 0 Å². The first kappa shape index (κ1) is 15.9. The van der Waals surface area contributed by atoms with Crippen molar-refractivity contribution in [3.63, 3.8) is 0 Å². The van der Waals surface area contributed by atoms with Gasteiger partial charge in [0.15, 0.2) is 5.96 Å². The van der Waals surface area contributed by atoms with Crippen molar-refractivity contribution >= 4 is 5.96 Å². The molecule has 1 aromatic heterocycles. The summed E-state index contributed by atoms with van der Waals surface area (Å²) in [4.78, 5) is 6.88. The molecule has 0 aromatic carbocycles. The first-order valence-electron chi connectivity index (χ1n) is 7.91. The summed E-state index contributed by atoms with van der Waals surface area (Å²) in [6, 6.07) is 5.37. The molecule has 0 atom stereocenters. The van der Waals surface area contributed by atoms with Crippen molar-refractivity contribution < 1.29 is 0 Å². The summed E-state index contributed by atoms with van der Waals surface area (Å²) in [5.74, 6) is 0.902. The van der Waals surface area contributed by atoms with Gasteiger partial charge >= 0.3 is 0 Å². The standard InChI is InChI=1S/C16H29N5/c1-13(2)21-10-7-14(8-11-21)19-16(17-3)18-12-15-6-5-9-20(15)4/h5-6,9,13-14H,7-8,10-12H2,1-4H3,(H2,17,18,19). The van der Waals surface area contributed by atoms with E-state index in [0.29, 0.717) is 12.1 Å². The maximum absolute atomic E-state index is 4.34. The monoisotopic (exact) mass is 291 g/mol. The van der Waals surface area contributed by atoms with E-state index in [1.807, 2.05) is 7.05 Å². The average molecular weight is 291 g/mol. The highest BCUT2D eigenvalue weighted by Crippen LogP contribution is 2.12. The molecule has 0 radical (unpaired) electrons. The molecule has 5 heteroatoms. The number of guanidine groups is 1. The Hall–Kier alpha value is -1.49. The van der Waals surface area contributed by atoms with Crippen LogP contribution in [0.4, 0.5) is 0 Å². The molecule has 0 aliphatic carbocycles. The summed E-state index contributed by atoms with van der Waals surface area (Å²) >= 11 is 0. The van der Waals surface area contributed by atoms with E-state index in [1.165, 1.54) is 31.6 Å². The van der Waals surface area contributed by atoms with E-state index in [1.54, 1.807) is 0 Å². The van der Waals surface area contributed by atoms with E-state index in [4.69, 9.17) is 0 Å². The number of nitrogens with one attached hydrogen (secondary N) is 2. The highest BCUT2D eigenvalue weighted by atomic mass is 15.2. The molecule has 0 amide bonds. The van der Waals surface area contributed by atoms with Crippen molar-refractivity contribution in [3.8, 4) is 0 Å². The van der Waals surface area contributed by atoms with E-state index in [2.05, 4.69) is 64.3 Å². The van der Waals surface area contributed by atoms with E-state index >= 15 is 0 Å². The number of rotatable bonds is 4. The zero-order valence-corrected chi connectivity index (χ0v) is 13.8. The molecule has 1 fully saturated rings. The number of aryl methyl sites for hydroxylation is 1. The van der Waals surface area contributed by atoms with Crippen LogP contribution in [0.5, 0.6) is 0 Å². The van der Waals surface area contributed by atoms with Crippen molar-refractivity contribution in [1.82, 2.24) is 20.1 Å². The zero-order chi connectivity index (χ0) is 15.2. The normalized spacial score (nSPS) is 18.2. The molecule has 21 heavy (non-hydrogen) atoms. The van der Waals surface area contributed by atoms with E-state index in [-0.39, 0.29) is 0 Å². The molecule has 0 bridgehead atoms. The molecule has 118 valence electrons. The molecular weight excluding hydrogens is 262 g/mol. The quantitative estimate of drug-likeness (QED) is 0.654. The topological polar surface area (TPSA) is 44.6 Å². The molecule has 1 aromatic rings. The summed E-state index contributed by atoms with van der Waals surface area (Å²) in [5, 5.41) is 6.95. The van der Waals surface area contributed by atoms with Crippen LogP contribution in [0.15, 0.2) is 23.3 Å². The highest BCUT2D eigenvalue weighted by molar-refractivity contribution is 5.79. The third-order valence-corrected chi connectivity index (χ3v) is 4.31. The lowest BCUT2D eigenvalue weighted by Crippen LogP contribution is -2.49. The van der Waals surface area contributed by atoms with Gasteiger partial charge in [0.2, 0.25) is 0 Å². The fourth-order valence-electron chi connectivity index (χ4n) is 2.80. The number of aromatic nitrogens is 1. The van der Waals surface area contributed by atoms with Gasteiger partial charge in [0.1, 0.15) is 0 Å². The molecule has 2 N–H and O–H groups in total. The molecule has 1 aliphatic rings. The molecule has 1 aliphatic heterocycles. The minimum atomic E-state index is 0.527. The van der Waals surface area contributed by atoms with Crippen molar-refractivity contribution in [2.75, 3.05) is 20.1 Å². The van der Waals surface area contributed by atoms with Gasteiger partial charge in [-0.1, -0.05) is 0 Å². The van der Waals surface area contributed by atoms with Crippen molar-refractivity contribution in [3.05, 3.63) is 24.0 Å². The van der Waals surface area contributed by atoms with Crippen molar-refractivity contribution in [2.24, 2.45) is 12.0 Å². The number of piperidine rings is 1. The Balaban J connectivity index is 1.77. The Bertz CT molecular complexity index is 455. The van der Waals surface area contributed by atoms with Crippen LogP contribution in [0.3, 0.4) is 0 Å². The maximum Gasteiger partial charge on any atom is 0.191 e. The smallest absolute Gasteiger partial charge is 0.191 e. The molecule has 2 rings (SSSR count). The Labute approximate surface area is 128 Å². The Morgan fingerprint density at radius 3 is 2.62 bits per heavy atom. The van der Waals surface area contributed by atoms with Crippen LogP contribution in [0.2, 0.25) is 0 Å². The summed E-state index contributed by atoms with van der Waals surface area (Å²) in [5.41, 5.74) is 1.26. The summed E-state index contributed by atoms with van der Waals surface area (Å²) < 4.78 is 2.13. The molecule has 0 saturated carbocycles. The second-order valence-corrected chi connectivity index (χ2v) is 6.08. The minimum Gasteiger partial charge on any atom is -0.354 e. The maximum atomic E-state index is 4.34. The van der Waals surface area contributed by atoms with Gasteiger partial charge in [-0.3, -0.25) is 4.99 Å². The van der Waals surface area contributed by atoms with Gasteiger partial charge in [-0.05, 0) is 38.8 Å². The van der Waals surface area contributed by atoms with Gasteiger partial charge in [-0.2, -0.15) is 0 Å². The van der Waals surface area contributed by atoms with Gasteiger partial charge in [0, 0.05) is 51.2 Å². The fraction of sp³-hybridized carbons (Fsp3) is 0.688. The third kappa shape index (κ3) is 4.49. The van der Waals surface area contributed by atoms with Gasteiger partial charge in [0.25, 0.3) is 0 Å². The summed E-state index contributed by atoms with van der Waals surface area (Å²) in [6.07, 6.45) is 4.43. The van der Waals surface area contributed by atoms with Gasteiger partial charge in [-0.25, -0.2) is 0 Å². The average Bonchev–Trinajstić information content (AvgIpc) is 2.89. The zero-order valence-electron chi connectivity index (χ0n) is 13.8. The Kier molecular flexibility index (Phi) is 5.67. The molecule has 0 spiro atoms. The van der Waals surface area contributed by atoms with E-state index in [0.717, 1.165) is 12.5 Å². The van der Waals surface area contributed by atoms with Gasteiger partial charge in [0.05, 0.1) is 6.54 Å². The first-order valence-corrected chi connectivity index (χ1v) is 7.91. The Morgan fingerprint density at radius 2 is 2.10 bits per heavy atom. The second-order valence-electron chi connectivity index (χ2n) is 6.08. The predicted octanol–water partition coefficient (Wildman–Crippen LogP) is 1.56. The first-order chi connectivity index (χ1) is 10.1. The van der Waals surface area contributed by atoms with Crippen LogP contribution in [-0.2, 0) is 13.6 Å². The van der Waals surface area contributed by atoms with E-state index < -0.39 is 0 Å². The van der Waals surface area contributed by atoms with Crippen LogP contribution in [-0.4, -0.2) is 47.6 Å².